The number of rotatable bonds is 3. The van der Waals surface area contributed by atoms with Crippen LogP contribution in [0, 0.1) is 11.3 Å². The number of carbonyl (C=O) groups is 1. The maximum Gasteiger partial charge on any atom is 0.207 e. The number of nitriles is 1. The molecule has 1 unspecified atom stereocenters. The second-order valence-corrected chi connectivity index (χ2v) is 2.74. The molecule has 3 nitrogen and oxygen atoms in total. The van der Waals surface area contributed by atoms with Gasteiger partial charge in [0, 0.05) is 0 Å². The van der Waals surface area contributed by atoms with Crippen molar-refractivity contribution in [3.63, 3.8) is 0 Å². The van der Waals surface area contributed by atoms with Crippen molar-refractivity contribution in [2.45, 2.75) is 13.0 Å². The smallest absolute Gasteiger partial charge is 0.207 e. The van der Waals surface area contributed by atoms with Gasteiger partial charge >= 0.3 is 0 Å². The van der Waals surface area contributed by atoms with E-state index in [0.717, 1.165) is 5.56 Å². The maximum absolute atomic E-state index is 10.1. The van der Waals surface area contributed by atoms with E-state index in [1.54, 1.807) is 12.1 Å². The molecule has 13 heavy (non-hydrogen) atoms. The number of hydrogen-bond donors (Lipinski definition) is 1. The van der Waals surface area contributed by atoms with Crippen molar-refractivity contribution >= 4 is 6.41 Å². The van der Waals surface area contributed by atoms with E-state index in [0.29, 0.717) is 12.0 Å². The Labute approximate surface area is 77.0 Å². The van der Waals surface area contributed by atoms with Crippen LogP contribution >= 0.6 is 0 Å². The number of carbonyl (C=O) groups excluding carboxylic acids is 1. The first kappa shape index (κ1) is 9.27. The van der Waals surface area contributed by atoms with Gasteiger partial charge in [-0.15, -0.1) is 0 Å². The third-order valence-corrected chi connectivity index (χ3v) is 1.86. The van der Waals surface area contributed by atoms with Crippen LogP contribution in [0.2, 0.25) is 0 Å². The Hall–Kier alpha value is -1.82. The Morgan fingerprint density at radius 2 is 2.08 bits per heavy atom. The number of nitrogens with one attached hydrogen (secondary N) is 1. The van der Waals surface area contributed by atoms with Gasteiger partial charge in [-0.25, -0.2) is 0 Å². The largest absolute Gasteiger partial charge is 0.352 e. The predicted octanol–water partition coefficient (Wildman–Crippen LogP) is 1.37. The van der Waals surface area contributed by atoms with Crippen LogP contribution in [-0.4, -0.2) is 6.41 Å². The van der Waals surface area contributed by atoms with Gasteiger partial charge in [0.1, 0.15) is 0 Å². The quantitative estimate of drug-likeness (QED) is 0.703. The first-order chi connectivity index (χ1) is 6.27. The van der Waals surface area contributed by atoms with Crippen LogP contribution in [0.5, 0.6) is 0 Å². The fraction of sp³-hybridized carbons (Fsp3) is 0.200. The summed E-state index contributed by atoms with van der Waals surface area (Å²) in [5, 5.41) is 11.2. The van der Waals surface area contributed by atoms with E-state index < -0.39 is 0 Å². The molecule has 1 aromatic carbocycles. The van der Waals surface area contributed by atoms with Gasteiger partial charge < -0.3 is 5.32 Å². The molecule has 0 aliphatic carbocycles. The first-order valence-corrected chi connectivity index (χ1v) is 3.97. The zero-order valence-electron chi connectivity index (χ0n) is 7.32. The minimum absolute atomic E-state index is 0.00903. The van der Waals surface area contributed by atoms with Gasteiger partial charge in [-0.2, -0.15) is 5.26 Å². The van der Waals surface area contributed by atoms with Crippen molar-refractivity contribution in [1.82, 2.24) is 5.32 Å². The maximum atomic E-state index is 10.1. The lowest BCUT2D eigenvalue weighted by Crippen LogP contribution is -2.15. The highest BCUT2D eigenvalue weighted by Crippen LogP contribution is 2.11. The zero-order valence-corrected chi connectivity index (χ0v) is 7.32. The molecule has 0 aliphatic rings. The molecule has 1 rings (SSSR count). The predicted molar refractivity (Wildman–Crippen MR) is 48.8 cm³/mol. The number of nitrogens with zero attached hydrogens (tertiary/aromatic N) is 1. The van der Waals surface area contributed by atoms with Crippen LogP contribution in [0.1, 0.15) is 24.1 Å². The summed E-state index contributed by atoms with van der Waals surface area (Å²) in [6.07, 6.45) is 0.670. The fourth-order valence-electron chi connectivity index (χ4n) is 1.04. The molecule has 1 N–H and O–H groups in total. The molecule has 0 aliphatic heterocycles. The molecule has 0 saturated heterocycles. The summed E-state index contributed by atoms with van der Waals surface area (Å²) < 4.78 is 0. The molecule has 3 heteroatoms. The topological polar surface area (TPSA) is 52.9 Å². The van der Waals surface area contributed by atoms with Crippen LogP contribution < -0.4 is 5.32 Å². The molecule has 0 fully saturated rings. The molecule has 0 heterocycles. The summed E-state index contributed by atoms with van der Waals surface area (Å²) in [6, 6.07) is 9.16. The zero-order chi connectivity index (χ0) is 9.68. The van der Waals surface area contributed by atoms with Gasteiger partial charge in [-0.05, 0) is 24.6 Å². The van der Waals surface area contributed by atoms with Gasteiger partial charge in [0.2, 0.25) is 6.41 Å². The fourth-order valence-corrected chi connectivity index (χ4v) is 1.04. The van der Waals surface area contributed by atoms with Crippen molar-refractivity contribution in [3.05, 3.63) is 35.4 Å². The van der Waals surface area contributed by atoms with Crippen LogP contribution in [-0.2, 0) is 4.79 Å². The van der Waals surface area contributed by atoms with Crippen molar-refractivity contribution < 1.29 is 4.79 Å². The first-order valence-electron chi connectivity index (χ1n) is 3.97. The van der Waals surface area contributed by atoms with Gasteiger partial charge in [-0.3, -0.25) is 4.79 Å². The summed E-state index contributed by atoms with van der Waals surface area (Å²) in [7, 11) is 0. The molecular weight excluding hydrogens is 164 g/mol. The molecule has 0 bridgehead atoms. The highest BCUT2D eigenvalue weighted by atomic mass is 16.1. The lowest BCUT2D eigenvalue weighted by atomic mass is 10.1. The summed E-state index contributed by atoms with van der Waals surface area (Å²) >= 11 is 0. The Balaban J connectivity index is 2.80. The van der Waals surface area contributed by atoms with Crippen LogP contribution in [0.15, 0.2) is 24.3 Å². The van der Waals surface area contributed by atoms with Crippen LogP contribution in [0.4, 0.5) is 0 Å². The van der Waals surface area contributed by atoms with Gasteiger partial charge in [0.25, 0.3) is 0 Å². The van der Waals surface area contributed by atoms with E-state index in [-0.39, 0.29) is 6.04 Å². The number of hydrogen-bond acceptors (Lipinski definition) is 2. The molecular formula is C10H10N2O. The third-order valence-electron chi connectivity index (χ3n) is 1.86. The average Bonchev–Trinajstić information content (AvgIpc) is 2.18. The van der Waals surface area contributed by atoms with E-state index in [1.165, 1.54) is 0 Å². The number of amides is 1. The molecule has 66 valence electrons. The van der Waals surface area contributed by atoms with E-state index in [4.69, 9.17) is 5.26 Å². The molecule has 0 saturated carbocycles. The average molecular weight is 174 g/mol. The van der Waals surface area contributed by atoms with E-state index in [2.05, 4.69) is 5.32 Å². The molecule has 1 aromatic rings. The molecule has 1 amide bonds. The van der Waals surface area contributed by atoms with Crippen LogP contribution in [0.25, 0.3) is 0 Å². The molecule has 0 aromatic heterocycles. The summed E-state index contributed by atoms with van der Waals surface area (Å²) in [4.78, 5) is 10.1. The van der Waals surface area contributed by atoms with E-state index >= 15 is 0 Å². The van der Waals surface area contributed by atoms with Crippen LogP contribution in [0.3, 0.4) is 0 Å². The SMILES string of the molecule is CC(NC=O)c1ccc(C#N)cc1. The van der Waals surface area contributed by atoms with Crippen molar-refractivity contribution in [2.75, 3.05) is 0 Å². The Morgan fingerprint density at radius 1 is 1.46 bits per heavy atom. The minimum atomic E-state index is -0.00903. The van der Waals surface area contributed by atoms with Crippen molar-refractivity contribution in [1.29, 1.82) is 5.26 Å². The summed E-state index contributed by atoms with van der Waals surface area (Å²) in [5.41, 5.74) is 1.62. The highest BCUT2D eigenvalue weighted by molar-refractivity contribution is 5.47. The minimum Gasteiger partial charge on any atom is -0.352 e. The van der Waals surface area contributed by atoms with E-state index in [1.807, 2.05) is 25.1 Å². The molecule has 0 spiro atoms. The molecule has 0 radical (unpaired) electrons. The Morgan fingerprint density at radius 3 is 2.54 bits per heavy atom. The molecule has 1 atom stereocenters. The summed E-state index contributed by atoms with van der Waals surface area (Å²) in [5.74, 6) is 0. The Bertz CT molecular complexity index is 324. The lowest BCUT2D eigenvalue weighted by molar-refractivity contribution is -0.110. The van der Waals surface area contributed by atoms with Crippen molar-refractivity contribution in [2.24, 2.45) is 0 Å². The second-order valence-electron chi connectivity index (χ2n) is 2.74. The van der Waals surface area contributed by atoms with Crippen molar-refractivity contribution in [3.8, 4) is 6.07 Å². The summed E-state index contributed by atoms with van der Waals surface area (Å²) in [6.45, 7) is 1.88. The highest BCUT2D eigenvalue weighted by Gasteiger charge is 2.02. The lowest BCUT2D eigenvalue weighted by Gasteiger charge is -2.09. The monoisotopic (exact) mass is 174 g/mol. The van der Waals surface area contributed by atoms with Gasteiger partial charge in [0.05, 0.1) is 17.7 Å². The second kappa shape index (κ2) is 4.27. The Kier molecular flexibility index (Phi) is 3.04. The van der Waals surface area contributed by atoms with Gasteiger partial charge in [0.15, 0.2) is 0 Å². The van der Waals surface area contributed by atoms with Gasteiger partial charge in [-0.1, -0.05) is 12.1 Å². The number of benzene rings is 1. The van der Waals surface area contributed by atoms with E-state index in [9.17, 15) is 4.79 Å². The standard InChI is InChI=1S/C10H10N2O/c1-8(12-7-13)10-4-2-9(6-11)3-5-10/h2-5,7-8H,1H3,(H,12,13). The normalized spacial score (nSPS) is 11.4. The third kappa shape index (κ3) is 2.31.